The predicted molar refractivity (Wildman–Crippen MR) is 79.1 cm³/mol. The van der Waals surface area contributed by atoms with Gasteiger partial charge >= 0.3 is 0 Å². The van der Waals surface area contributed by atoms with Crippen LogP contribution in [0.15, 0.2) is 42.5 Å². The topological polar surface area (TPSA) is 21.3 Å². The van der Waals surface area contributed by atoms with Gasteiger partial charge in [-0.1, -0.05) is 29.8 Å². The van der Waals surface area contributed by atoms with E-state index in [0.717, 1.165) is 29.2 Å². The van der Waals surface area contributed by atoms with Gasteiger partial charge in [0, 0.05) is 16.3 Å². The third-order valence-corrected chi connectivity index (χ3v) is 3.85. The third kappa shape index (κ3) is 2.41. The molecule has 3 heteroatoms. The van der Waals surface area contributed by atoms with E-state index in [1.165, 1.54) is 11.3 Å². The minimum atomic E-state index is 0.253. The molecular weight excluding hydrogens is 258 g/mol. The first-order chi connectivity index (χ1) is 9.28. The molecule has 1 unspecified atom stereocenters. The average Bonchev–Trinajstić information content (AvgIpc) is 2.46. The van der Waals surface area contributed by atoms with E-state index in [-0.39, 0.29) is 6.04 Å². The zero-order chi connectivity index (χ0) is 13.2. The fourth-order valence-corrected chi connectivity index (χ4v) is 2.83. The number of fused-ring (bicyclic) bond motifs is 1. The molecular formula is C16H16ClNO. The quantitative estimate of drug-likeness (QED) is 0.873. The van der Waals surface area contributed by atoms with Crippen molar-refractivity contribution < 1.29 is 4.74 Å². The van der Waals surface area contributed by atoms with Gasteiger partial charge in [0.1, 0.15) is 5.75 Å². The highest BCUT2D eigenvalue weighted by atomic mass is 35.5. The number of anilines is 1. The monoisotopic (exact) mass is 273 g/mol. The number of hydrogen-bond donors (Lipinski definition) is 1. The van der Waals surface area contributed by atoms with Crippen LogP contribution in [0.3, 0.4) is 0 Å². The molecule has 0 aromatic heterocycles. The third-order valence-electron chi connectivity index (χ3n) is 3.62. The van der Waals surface area contributed by atoms with Gasteiger partial charge in [-0.05, 0) is 42.7 Å². The molecule has 1 atom stereocenters. The number of rotatable bonds is 2. The van der Waals surface area contributed by atoms with Crippen molar-refractivity contribution in [2.24, 2.45) is 0 Å². The molecule has 3 rings (SSSR count). The van der Waals surface area contributed by atoms with Crippen molar-refractivity contribution in [3.05, 3.63) is 58.6 Å². The molecule has 1 heterocycles. The normalized spacial score (nSPS) is 17.5. The smallest absolute Gasteiger partial charge is 0.124 e. The lowest BCUT2D eigenvalue weighted by molar-refractivity contribution is 0.405. The van der Waals surface area contributed by atoms with Crippen LogP contribution < -0.4 is 10.1 Å². The van der Waals surface area contributed by atoms with Gasteiger partial charge in [0.25, 0.3) is 0 Å². The molecule has 1 N–H and O–H groups in total. The van der Waals surface area contributed by atoms with Crippen LogP contribution in [0.1, 0.15) is 23.6 Å². The maximum Gasteiger partial charge on any atom is 0.124 e. The van der Waals surface area contributed by atoms with Crippen molar-refractivity contribution in [3.63, 3.8) is 0 Å². The lowest BCUT2D eigenvalue weighted by Crippen LogP contribution is -2.18. The first-order valence-corrected chi connectivity index (χ1v) is 6.83. The van der Waals surface area contributed by atoms with Crippen LogP contribution in [-0.4, -0.2) is 7.11 Å². The number of para-hydroxylation sites is 1. The van der Waals surface area contributed by atoms with Crippen LogP contribution in [0.5, 0.6) is 5.75 Å². The molecule has 0 fully saturated rings. The second-order valence-electron chi connectivity index (χ2n) is 4.78. The van der Waals surface area contributed by atoms with Crippen molar-refractivity contribution in [2.45, 2.75) is 18.9 Å². The average molecular weight is 274 g/mol. The molecule has 1 aliphatic heterocycles. The fourth-order valence-electron chi connectivity index (χ4n) is 2.65. The van der Waals surface area contributed by atoms with Gasteiger partial charge in [-0.25, -0.2) is 0 Å². The number of ether oxygens (including phenoxy) is 1. The van der Waals surface area contributed by atoms with Gasteiger partial charge in [-0.3, -0.25) is 0 Å². The molecule has 0 amide bonds. The highest BCUT2D eigenvalue weighted by Crippen LogP contribution is 2.37. The van der Waals surface area contributed by atoms with Gasteiger partial charge in [0.05, 0.1) is 13.2 Å². The number of halogens is 1. The van der Waals surface area contributed by atoms with Crippen molar-refractivity contribution in [3.8, 4) is 5.75 Å². The summed E-state index contributed by atoms with van der Waals surface area (Å²) in [6, 6.07) is 14.5. The lowest BCUT2D eigenvalue weighted by atomic mass is 9.93. The Balaban J connectivity index is 1.95. The molecule has 2 aromatic rings. The van der Waals surface area contributed by atoms with Crippen molar-refractivity contribution in [1.29, 1.82) is 0 Å². The first kappa shape index (κ1) is 12.4. The molecule has 0 saturated heterocycles. The minimum Gasteiger partial charge on any atom is -0.496 e. The fraction of sp³-hybridized carbons (Fsp3) is 0.250. The number of hydrogen-bond acceptors (Lipinski definition) is 2. The molecule has 19 heavy (non-hydrogen) atoms. The Morgan fingerprint density at radius 2 is 2.05 bits per heavy atom. The van der Waals surface area contributed by atoms with Gasteiger partial charge in [0.2, 0.25) is 0 Å². The maximum atomic E-state index is 6.11. The standard InChI is InChI=1S/C16H16ClNO/c1-19-16-9-7-12(17)10-13(16)15-8-6-11-4-2-3-5-14(11)18-15/h2-5,7,9-10,15,18H,6,8H2,1H3. The van der Waals surface area contributed by atoms with Crippen LogP contribution in [0, 0.1) is 0 Å². The zero-order valence-corrected chi connectivity index (χ0v) is 11.6. The highest BCUT2D eigenvalue weighted by molar-refractivity contribution is 6.30. The van der Waals surface area contributed by atoms with Gasteiger partial charge < -0.3 is 10.1 Å². The highest BCUT2D eigenvalue weighted by Gasteiger charge is 2.21. The van der Waals surface area contributed by atoms with E-state index >= 15 is 0 Å². The summed E-state index contributed by atoms with van der Waals surface area (Å²) in [6.07, 6.45) is 2.12. The molecule has 0 radical (unpaired) electrons. The second kappa shape index (κ2) is 5.14. The molecule has 1 aliphatic rings. The van der Waals surface area contributed by atoms with Crippen LogP contribution >= 0.6 is 11.6 Å². The number of nitrogens with one attached hydrogen (secondary N) is 1. The Morgan fingerprint density at radius 3 is 2.89 bits per heavy atom. The molecule has 98 valence electrons. The molecule has 2 aromatic carbocycles. The Kier molecular flexibility index (Phi) is 3.34. The number of aryl methyl sites for hydroxylation is 1. The zero-order valence-electron chi connectivity index (χ0n) is 10.8. The maximum absolute atomic E-state index is 6.11. The number of benzene rings is 2. The lowest BCUT2D eigenvalue weighted by Gasteiger charge is -2.28. The Labute approximate surface area is 118 Å². The van der Waals surface area contributed by atoms with Crippen LogP contribution in [0.25, 0.3) is 0 Å². The minimum absolute atomic E-state index is 0.253. The molecule has 2 nitrogen and oxygen atoms in total. The van der Waals surface area contributed by atoms with Gasteiger partial charge in [-0.2, -0.15) is 0 Å². The van der Waals surface area contributed by atoms with Crippen LogP contribution in [-0.2, 0) is 6.42 Å². The number of methoxy groups -OCH3 is 1. The van der Waals surface area contributed by atoms with Crippen molar-refractivity contribution >= 4 is 17.3 Å². The van der Waals surface area contributed by atoms with E-state index in [2.05, 4.69) is 29.6 Å². The first-order valence-electron chi connectivity index (χ1n) is 6.46. The Morgan fingerprint density at radius 1 is 1.21 bits per heavy atom. The summed E-state index contributed by atoms with van der Waals surface area (Å²) >= 11 is 6.11. The SMILES string of the molecule is COc1ccc(Cl)cc1C1CCc2ccccc2N1. The Bertz CT molecular complexity index is 597. The van der Waals surface area contributed by atoms with E-state index in [1.54, 1.807) is 7.11 Å². The van der Waals surface area contributed by atoms with E-state index in [1.807, 2.05) is 18.2 Å². The van der Waals surface area contributed by atoms with E-state index in [4.69, 9.17) is 16.3 Å². The van der Waals surface area contributed by atoms with Crippen molar-refractivity contribution in [2.75, 3.05) is 12.4 Å². The molecule has 0 spiro atoms. The summed E-state index contributed by atoms with van der Waals surface area (Å²) in [5.74, 6) is 0.890. The summed E-state index contributed by atoms with van der Waals surface area (Å²) in [5, 5.41) is 4.32. The molecule has 0 bridgehead atoms. The molecule has 0 saturated carbocycles. The van der Waals surface area contributed by atoms with Crippen molar-refractivity contribution in [1.82, 2.24) is 0 Å². The summed E-state index contributed by atoms with van der Waals surface area (Å²) in [6.45, 7) is 0. The Hall–Kier alpha value is -1.67. The largest absolute Gasteiger partial charge is 0.496 e. The van der Waals surface area contributed by atoms with Gasteiger partial charge in [0.15, 0.2) is 0 Å². The van der Waals surface area contributed by atoms with Crippen LogP contribution in [0.2, 0.25) is 5.02 Å². The summed E-state index contributed by atoms with van der Waals surface area (Å²) in [5.41, 5.74) is 3.71. The van der Waals surface area contributed by atoms with E-state index in [0.29, 0.717) is 0 Å². The predicted octanol–water partition coefficient (Wildman–Crippen LogP) is 4.45. The summed E-state index contributed by atoms with van der Waals surface area (Å²) in [7, 11) is 1.70. The summed E-state index contributed by atoms with van der Waals surface area (Å²) in [4.78, 5) is 0. The summed E-state index contributed by atoms with van der Waals surface area (Å²) < 4.78 is 5.44. The second-order valence-corrected chi connectivity index (χ2v) is 5.22. The molecule has 0 aliphatic carbocycles. The van der Waals surface area contributed by atoms with E-state index in [9.17, 15) is 0 Å². The van der Waals surface area contributed by atoms with E-state index < -0.39 is 0 Å². The van der Waals surface area contributed by atoms with Gasteiger partial charge in [-0.15, -0.1) is 0 Å². The van der Waals surface area contributed by atoms with Crippen LogP contribution in [0.4, 0.5) is 5.69 Å².